The first-order valence-corrected chi connectivity index (χ1v) is 10.8. The van der Waals surface area contributed by atoms with Gasteiger partial charge in [0.1, 0.15) is 5.75 Å². The van der Waals surface area contributed by atoms with Crippen LogP contribution in [0.5, 0.6) is 5.75 Å². The average Bonchev–Trinajstić information content (AvgIpc) is 2.98. The van der Waals surface area contributed by atoms with Crippen LogP contribution in [0.4, 0.5) is 37.7 Å². The van der Waals surface area contributed by atoms with Crippen molar-refractivity contribution >= 4 is 23.0 Å². The molecule has 11 heteroatoms. The minimum atomic E-state index is -5.02. The highest BCUT2D eigenvalue weighted by Crippen LogP contribution is 2.43. The van der Waals surface area contributed by atoms with Gasteiger partial charge in [-0.05, 0) is 47.4 Å². The number of pyridine rings is 1. The number of benzene rings is 2. The Morgan fingerprint density at radius 1 is 0.972 bits per heavy atom. The standard InChI is InChI=1S/C25H19F6N3O2/c1-2-17-9-15(6-7-32-17)14-4-3-5-16(8-14)19-12-23(35)34-20-10-18(25(29,30)31)22(11-21(20)33-19)36-13-24(26,27)28/h3-11H,2,12-13H2,1H3,(H,34,35). The summed E-state index contributed by atoms with van der Waals surface area (Å²) in [5.41, 5.74) is 1.45. The second-order valence-electron chi connectivity index (χ2n) is 8.02. The van der Waals surface area contributed by atoms with E-state index in [-0.39, 0.29) is 23.5 Å². The fourth-order valence-corrected chi connectivity index (χ4v) is 3.69. The van der Waals surface area contributed by atoms with E-state index in [1.165, 1.54) is 0 Å². The van der Waals surface area contributed by atoms with Gasteiger partial charge in [-0.15, -0.1) is 0 Å². The summed E-state index contributed by atoms with van der Waals surface area (Å²) in [5, 5.41) is 2.36. The number of halogens is 6. The maximum Gasteiger partial charge on any atom is 0.422 e. The normalized spacial score (nSPS) is 14.0. The molecule has 0 saturated heterocycles. The predicted octanol–water partition coefficient (Wildman–Crippen LogP) is 6.73. The van der Waals surface area contributed by atoms with Crippen LogP contribution < -0.4 is 10.1 Å². The number of carbonyl (C=O) groups is 1. The molecule has 0 atom stereocenters. The highest BCUT2D eigenvalue weighted by molar-refractivity contribution is 6.17. The number of hydrogen-bond donors (Lipinski definition) is 1. The van der Waals surface area contributed by atoms with E-state index in [1.807, 2.05) is 25.1 Å². The largest absolute Gasteiger partial charge is 0.483 e. The minimum absolute atomic E-state index is 0.149. The van der Waals surface area contributed by atoms with Crippen molar-refractivity contribution in [1.29, 1.82) is 0 Å². The number of carbonyl (C=O) groups excluding carboxylic acids is 1. The summed E-state index contributed by atoms with van der Waals surface area (Å²) in [6, 6.07) is 12.1. The van der Waals surface area contributed by atoms with E-state index >= 15 is 0 Å². The quantitative estimate of drug-likeness (QED) is 0.390. The Hall–Kier alpha value is -3.89. The summed E-state index contributed by atoms with van der Waals surface area (Å²) in [7, 11) is 0. The number of nitrogens with zero attached hydrogens (tertiary/aromatic N) is 2. The zero-order chi connectivity index (χ0) is 26.1. The summed E-state index contributed by atoms with van der Waals surface area (Å²) in [6.45, 7) is 0.0568. The van der Waals surface area contributed by atoms with Crippen molar-refractivity contribution in [2.24, 2.45) is 4.99 Å². The molecule has 2 aromatic carbocycles. The minimum Gasteiger partial charge on any atom is -0.483 e. The van der Waals surface area contributed by atoms with Gasteiger partial charge >= 0.3 is 12.4 Å². The molecule has 188 valence electrons. The van der Waals surface area contributed by atoms with Gasteiger partial charge in [0, 0.05) is 18.0 Å². The van der Waals surface area contributed by atoms with E-state index in [4.69, 9.17) is 0 Å². The van der Waals surface area contributed by atoms with Crippen molar-refractivity contribution in [3.63, 3.8) is 0 Å². The van der Waals surface area contributed by atoms with Gasteiger partial charge in [-0.3, -0.25) is 9.78 Å². The Morgan fingerprint density at radius 3 is 2.39 bits per heavy atom. The fourth-order valence-electron chi connectivity index (χ4n) is 3.69. The van der Waals surface area contributed by atoms with Crippen LogP contribution in [0.25, 0.3) is 11.1 Å². The number of aliphatic imine (C=N–C) groups is 1. The average molecular weight is 507 g/mol. The Labute approximate surface area is 201 Å². The molecule has 3 aromatic rings. The molecular formula is C25H19F6N3O2. The van der Waals surface area contributed by atoms with Crippen molar-refractivity contribution in [3.05, 3.63) is 71.5 Å². The number of nitrogens with one attached hydrogen (secondary N) is 1. The number of hydrogen-bond acceptors (Lipinski definition) is 4. The first kappa shape index (κ1) is 25.2. The van der Waals surface area contributed by atoms with Gasteiger partial charge in [-0.2, -0.15) is 26.3 Å². The maximum atomic E-state index is 13.5. The molecule has 1 amide bonds. The van der Waals surface area contributed by atoms with Gasteiger partial charge in [0.15, 0.2) is 6.61 Å². The Kier molecular flexibility index (Phi) is 6.75. The highest BCUT2D eigenvalue weighted by atomic mass is 19.4. The molecule has 2 heterocycles. The number of aromatic nitrogens is 1. The van der Waals surface area contributed by atoms with Crippen molar-refractivity contribution < 1.29 is 35.9 Å². The summed E-state index contributed by atoms with van der Waals surface area (Å²) in [5.74, 6) is -1.65. The lowest BCUT2D eigenvalue weighted by molar-refractivity contribution is -0.158. The summed E-state index contributed by atoms with van der Waals surface area (Å²) in [4.78, 5) is 21.1. The Balaban J connectivity index is 1.78. The van der Waals surface area contributed by atoms with E-state index in [1.54, 1.807) is 24.4 Å². The number of fused-ring (bicyclic) bond motifs is 1. The number of anilines is 1. The number of alkyl halides is 6. The van der Waals surface area contributed by atoms with E-state index in [2.05, 4.69) is 20.0 Å². The second kappa shape index (κ2) is 9.63. The molecule has 1 N–H and O–H groups in total. The second-order valence-corrected chi connectivity index (χ2v) is 8.02. The molecule has 1 aromatic heterocycles. The molecule has 0 unspecified atom stereocenters. The van der Waals surface area contributed by atoms with E-state index in [9.17, 15) is 31.1 Å². The highest BCUT2D eigenvalue weighted by Gasteiger charge is 2.38. The molecule has 5 nitrogen and oxygen atoms in total. The van der Waals surface area contributed by atoms with Crippen LogP contribution in [0.3, 0.4) is 0 Å². The third-order valence-electron chi connectivity index (χ3n) is 5.36. The fraction of sp³-hybridized carbons (Fsp3) is 0.240. The lowest BCUT2D eigenvalue weighted by Gasteiger charge is -2.17. The third kappa shape index (κ3) is 5.84. The smallest absolute Gasteiger partial charge is 0.422 e. The van der Waals surface area contributed by atoms with Crippen LogP contribution in [-0.2, 0) is 17.4 Å². The van der Waals surface area contributed by atoms with Crippen molar-refractivity contribution in [2.75, 3.05) is 11.9 Å². The molecule has 0 spiro atoms. The number of amides is 1. The topological polar surface area (TPSA) is 63.6 Å². The lowest BCUT2D eigenvalue weighted by Crippen LogP contribution is -2.21. The number of rotatable bonds is 5. The molecule has 36 heavy (non-hydrogen) atoms. The van der Waals surface area contributed by atoms with Crippen molar-refractivity contribution in [1.82, 2.24) is 4.98 Å². The van der Waals surface area contributed by atoms with Crippen LogP contribution in [0.15, 0.2) is 59.7 Å². The SMILES string of the molecule is CCc1cc(-c2cccc(C3=Nc4cc(OCC(F)(F)F)c(C(F)(F)F)cc4NC(=O)C3)c2)ccn1. The third-order valence-corrected chi connectivity index (χ3v) is 5.36. The summed E-state index contributed by atoms with van der Waals surface area (Å²) < 4.78 is 83.0. The predicted molar refractivity (Wildman–Crippen MR) is 121 cm³/mol. The molecule has 0 aliphatic carbocycles. The Bertz CT molecular complexity index is 1330. The van der Waals surface area contributed by atoms with Gasteiger partial charge in [-0.25, -0.2) is 4.99 Å². The molecule has 1 aliphatic rings. The molecule has 0 fully saturated rings. The molecular weight excluding hydrogens is 488 g/mol. The van der Waals surface area contributed by atoms with E-state index in [0.717, 1.165) is 29.3 Å². The summed E-state index contributed by atoms with van der Waals surface area (Å²) >= 11 is 0. The monoisotopic (exact) mass is 507 g/mol. The zero-order valence-electron chi connectivity index (χ0n) is 18.8. The lowest BCUT2D eigenvalue weighted by atomic mass is 9.99. The Morgan fingerprint density at radius 2 is 1.69 bits per heavy atom. The maximum absolute atomic E-state index is 13.5. The van der Waals surface area contributed by atoms with Crippen molar-refractivity contribution in [2.45, 2.75) is 32.1 Å². The van der Waals surface area contributed by atoms with Crippen LogP contribution in [0.1, 0.15) is 30.2 Å². The molecule has 0 saturated carbocycles. The van der Waals surface area contributed by atoms with Gasteiger partial charge in [0.05, 0.1) is 29.1 Å². The van der Waals surface area contributed by atoms with E-state index < -0.39 is 36.2 Å². The van der Waals surface area contributed by atoms with Gasteiger partial charge < -0.3 is 10.1 Å². The van der Waals surface area contributed by atoms with Crippen LogP contribution >= 0.6 is 0 Å². The molecule has 0 radical (unpaired) electrons. The number of ether oxygens (including phenoxy) is 1. The zero-order valence-corrected chi connectivity index (χ0v) is 18.8. The molecule has 1 aliphatic heterocycles. The van der Waals surface area contributed by atoms with Gasteiger partial charge in [0.25, 0.3) is 0 Å². The summed E-state index contributed by atoms with van der Waals surface area (Å²) in [6.07, 6.45) is -7.71. The van der Waals surface area contributed by atoms with Crippen LogP contribution in [0.2, 0.25) is 0 Å². The van der Waals surface area contributed by atoms with Crippen molar-refractivity contribution in [3.8, 4) is 16.9 Å². The van der Waals surface area contributed by atoms with Gasteiger partial charge in [-0.1, -0.05) is 25.1 Å². The first-order chi connectivity index (χ1) is 16.9. The molecule has 4 rings (SSSR count). The van der Waals surface area contributed by atoms with E-state index in [0.29, 0.717) is 11.6 Å². The van der Waals surface area contributed by atoms with Gasteiger partial charge in [0.2, 0.25) is 5.91 Å². The molecule has 0 bridgehead atoms. The van der Waals surface area contributed by atoms with Crippen LogP contribution in [-0.4, -0.2) is 29.4 Å². The number of aryl methyl sites for hydroxylation is 1. The van der Waals surface area contributed by atoms with Crippen LogP contribution in [0, 0.1) is 0 Å². The first-order valence-electron chi connectivity index (χ1n) is 10.8.